The van der Waals surface area contributed by atoms with E-state index in [4.69, 9.17) is 5.11 Å². The third-order valence-corrected chi connectivity index (χ3v) is 4.04. The van der Waals surface area contributed by atoms with Gasteiger partial charge in [-0.15, -0.1) is 0 Å². The lowest BCUT2D eigenvalue weighted by molar-refractivity contribution is -0.147. The second-order valence-corrected chi connectivity index (χ2v) is 6.36. The fourth-order valence-corrected chi connectivity index (χ4v) is 1.90. The van der Waals surface area contributed by atoms with Crippen LogP contribution >= 0.6 is 0 Å². The van der Waals surface area contributed by atoms with Crippen molar-refractivity contribution in [2.24, 2.45) is 5.41 Å². The Hall–Kier alpha value is -1.26. The highest BCUT2D eigenvalue weighted by molar-refractivity contribution is 5.85. The molecule has 1 rings (SSSR count). The van der Waals surface area contributed by atoms with Crippen LogP contribution in [0.3, 0.4) is 0 Å². The van der Waals surface area contributed by atoms with Gasteiger partial charge in [0.25, 0.3) is 0 Å². The van der Waals surface area contributed by atoms with Crippen LogP contribution in [0, 0.1) is 5.41 Å². The highest BCUT2D eigenvalue weighted by Gasteiger charge is 2.38. The van der Waals surface area contributed by atoms with Gasteiger partial charge in [0.05, 0.1) is 0 Å². The van der Waals surface area contributed by atoms with Crippen molar-refractivity contribution in [1.82, 2.24) is 9.80 Å². The molecule has 1 saturated heterocycles. The van der Waals surface area contributed by atoms with Crippen molar-refractivity contribution < 1.29 is 14.7 Å². The number of likely N-dealkylation sites (tertiary alicyclic amines) is 1. The molecule has 0 aromatic heterocycles. The maximum atomic E-state index is 12.2. The lowest BCUT2D eigenvalue weighted by Gasteiger charge is -2.41. The summed E-state index contributed by atoms with van der Waals surface area (Å²) in [5.74, 6) is -0.990. The van der Waals surface area contributed by atoms with Gasteiger partial charge in [0.1, 0.15) is 5.54 Å². The van der Waals surface area contributed by atoms with Gasteiger partial charge in [-0.2, -0.15) is 0 Å². The second-order valence-electron chi connectivity index (χ2n) is 6.36. The number of hydrogen-bond acceptors (Lipinski definition) is 2. The van der Waals surface area contributed by atoms with Crippen LogP contribution in [0.2, 0.25) is 0 Å². The largest absolute Gasteiger partial charge is 0.480 e. The first-order valence-corrected chi connectivity index (χ1v) is 6.34. The van der Waals surface area contributed by atoms with Crippen molar-refractivity contribution in [2.45, 2.75) is 46.1 Å². The number of rotatable bonds is 2. The Balaban J connectivity index is 2.69. The summed E-state index contributed by atoms with van der Waals surface area (Å²) in [6.45, 7) is 8.87. The topological polar surface area (TPSA) is 60.9 Å². The van der Waals surface area contributed by atoms with E-state index in [0.717, 1.165) is 12.8 Å². The highest BCUT2D eigenvalue weighted by atomic mass is 16.4. The molecule has 0 aromatic carbocycles. The molecule has 18 heavy (non-hydrogen) atoms. The molecular weight excluding hydrogens is 232 g/mol. The van der Waals surface area contributed by atoms with Gasteiger partial charge in [-0.3, -0.25) is 0 Å². The third-order valence-electron chi connectivity index (χ3n) is 4.04. The number of piperidine rings is 1. The molecule has 5 heteroatoms. The molecule has 0 aromatic rings. The molecule has 0 spiro atoms. The van der Waals surface area contributed by atoms with E-state index >= 15 is 0 Å². The Bertz CT molecular complexity index is 340. The summed E-state index contributed by atoms with van der Waals surface area (Å²) in [7, 11) is 1.55. The van der Waals surface area contributed by atoms with Crippen molar-refractivity contribution >= 4 is 12.0 Å². The Morgan fingerprint density at radius 3 is 2.06 bits per heavy atom. The van der Waals surface area contributed by atoms with Gasteiger partial charge in [-0.05, 0) is 32.1 Å². The number of urea groups is 1. The molecule has 0 unspecified atom stereocenters. The minimum absolute atomic E-state index is 0.196. The summed E-state index contributed by atoms with van der Waals surface area (Å²) in [6, 6.07) is -0.196. The standard InChI is InChI=1S/C13H24N2O3/c1-12(2)6-8-15(9-7-12)11(18)14(5)13(3,4)10(16)17/h6-9H2,1-5H3,(H,16,17). The molecule has 0 saturated carbocycles. The number of carbonyl (C=O) groups is 2. The van der Waals surface area contributed by atoms with Gasteiger partial charge in [0, 0.05) is 20.1 Å². The number of amides is 2. The number of nitrogens with zero attached hydrogens (tertiary/aromatic N) is 2. The van der Waals surface area contributed by atoms with E-state index in [2.05, 4.69) is 13.8 Å². The van der Waals surface area contributed by atoms with Crippen LogP contribution in [-0.4, -0.2) is 52.6 Å². The summed E-state index contributed by atoms with van der Waals surface area (Å²) >= 11 is 0. The van der Waals surface area contributed by atoms with E-state index in [1.54, 1.807) is 25.8 Å². The van der Waals surface area contributed by atoms with Crippen LogP contribution in [-0.2, 0) is 4.79 Å². The quantitative estimate of drug-likeness (QED) is 0.822. The van der Waals surface area contributed by atoms with Crippen molar-refractivity contribution in [1.29, 1.82) is 0 Å². The van der Waals surface area contributed by atoms with Crippen LogP contribution in [0.4, 0.5) is 4.79 Å². The zero-order chi connectivity index (χ0) is 14.1. The molecule has 1 aliphatic rings. The predicted octanol–water partition coefficient (Wildman–Crippen LogP) is 2.02. The molecule has 0 aliphatic carbocycles. The summed E-state index contributed by atoms with van der Waals surface area (Å²) < 4.78 is 0. The van der Waals surface area contributed by atoms with Crippen LogP contribution < -0.4 is 0 Å². The van der Waals surface area contributed by atoms with Crippen LogP contribution in [0.15, 0.2) is 0 Å². The lowest BCUT2D eigenvalue weighted by atomic mass is 9.83. The SMILES string of the molecule is CN(C(=O)N1CCC(C)(C)CC1)C(C)(C)C(=O)O. The average Bonchev–Trinajstić information content (AvgIpc) is 2.26. The molecule has 1 heterocycles. The molecule has 104 valence electrons. The highest BCUT2D eigenvalue weighted by Crippen LogP contribution is 2.30. The summed E-state index contributed by atoms with van der Waals surface area (Å²) in [4.78, 5) is 26.4. The second kappa shape index (κ2) is 4.78. The van der Waals surface area contributed by atoms with Crippen molar-refractivity contribution in [2.75, 3.05) is 20.1 Å². The van der Waals surface area contributed by atoms with E-state index in [9.17, 15) is 9.59 Å². The lowest BCUT2D eigenvalue weighted by Crippen LogP contribution is -2.56. The Morgan fingerprint density at radius 2 is 1.67 bits per heavy atom. The predicted molar refractivity (Wildman–Crippen MR) is 69.5 cm³/mol. The Morgan fingerprint density at radius 1 is 1.22 bits per heavy atom. The molecule has 1 aliphatic heterocycles. The van der Waals surface area contributed by atoms with E-state index in [-0.39, 0.29) is 11.4 Å². The summed E-state index contributed by atoms with van der Waals surface area (Å²) in [5.41, 5.74) is -0.901. The minimum Gasteiger partial charge on any atom is -0.480 e. The van der Waals surface area contributed by atoms with E-state index in [0.29, 0.717) is 13.1 Å². The average molecular weight is 256 g/mol. The van der Waals surface area contributed by atoms with Crippen LogP contribution in [0.5, 0.6) is 0 Å². The first kappa shape index (κ1) is 14.8. The van der Waals surface area contributed by atoms with Crippen molar-refractivity contribution in [3.05, 3.63) is 0 Å². The number of carbonyl (C=O) groups excluding carboxylic acids is 1. The Labute approximate surface area is 109 Å². The minimum atomic E-state index is -1.18. The molecule has 0 atom stereocenters. The zero-order valence-electron chi connectivity index (χ0n) is 12.0. The molecule has 0 radical (unpaired) electrons. The van der Waals surface area contributed by atoms with Crippen LogP contribution in [0.1, 0.15) is 40.5 Å². The normalized spacial score (nSPS) is 19.5. The fourth-order valence-electron chi connectivity index (χ4n) is 1.90. The molecule has 2 amide bonds. The van der Waals surface area contributed by atoms with Gasteiger partial charge in [0.15, 0.2) is 0 Å². The van der Waals surface area contributed by atoms with E-state index in [1.165, 1.54) is 4.90 Å². The molecule has 1 N–H and O–H groups in total. The number of carboxylic acid groups (broad SMARTS) is 1. The monoisotopic (exact) mass is 256 g/mol. The van der Waals surface area contributed by atoms with Gasteiger partial charge in [0.2, 0.25) is 0 Å². The van der Waals surface area contributed by atoms with Crippen molar-refractivity contribution in [3.63, 3.8) is 0 Å². The number of hydrogen-bond donors (Lipinski definition) is 1. The van der Waals surface area contributed by atoms with E-state index < -0.39 is 11.5 Å². The van der Waals surface area contributed by atoms with Gasteiger partial charge < -0.3 is 14.9 Å². The molecule has 0 bridgehead atoms. The van der Waals surface area contributed by atoms with Crippen LogP contribution in [0.25, 0.3) is 0 Å². The van der Waals surface area contributed by atoms with Gasteiger partial charge >= 0.3 is 12.0 Å². The summed E-state index contributed by atoms with van der Waals surface area (Å²) in [5, 5.41) is 9.13. The fraction of sp³-hybridized carbons (Fsp3) is 0.846. The van der Waals surface area contributed by atoms with E-state index in [1.807, 2.05) is 0 Å². The van der Waals surface area contributed by atoms with Gasteiger partial charge in [-0.25, -0.2) is 9.59 Å². The first-order valence-electron chi connectivity index (χ1n) is 6.34. The number of carboxylic acids is 1. The molecule has 1 fully saturated rings. The zero-order valence-corrected chi connectivity index (χ0v) is 12.0. The Kier molecular flexibility index (Phi) is 3.93. The summed E-state index contributed by atoms with van der Waals surface area (Å²) in [6.07, 6.45) is 1.92. The smallest absolute Gasteiger partial charge is 0.329 e. The van der Waals surface area contributed by atoms with Crippen molar-refractivity contribution in [3.8, 4) is 0 Å². The maximum absolute atomic E-state index is 12.2. The number of likely N-dealkylation sites (N-methyl/N-ethyl adjacent to an activating group) is 1. The first-order chi connectivity index (χ1) is 8.08. The molecule has 5 nitrogen and oxygen atoms in total. The maximum Gasteiger partial charge on any atom is 0.329 e. The molecular formula is C13H24N2O3. The number of aliphatic carboxylic acids is 1. The third kappa shape index (κ3) is 2.94. The van der Waals surface area contributed by atoms with Gasteiger partial charge in [-0.1, -0.05) is 13.8 Å².